The average molecular weight is 354 g/mol. The van der Waals surface area contributed by atoms with E-state index in [2.05, 4.69) is 43.4 Å². The van der Waals surface area contributed by atoms with E-state index in [0.717, 1.165) is 29.7 Å². The van der Waals surface area contributed by atoms with Gasteiger partial charge in [-0.3, -0.25) is 4.79 Å². The molecule has 3 nitrogen and oxygen atoms in total. The quantitative estimate of drug-likeness (QED) is 0.723. The smallest absolute Gasteiger partial charge is 0.260 e. The molecule has 2 aromatic carbocycles. The van der Waals surface area contributed by atoms with Crippen molar-refractivity contribution in [1.29, 1.82) is 0 Å². The van der Waals surface area contributed by atoms with Crippen molar-refractivity contribution >= 4 is 5.91 Å². The first-order valence-corrected chi connectivity index (χ1v) is 9.48. The van der Waals surface area contributed by atoms with E-state index in [4.69, 9.17) is 4.74 Å². The van der Waals surface area contributed by atoms with Crippen molar-refractivity contribution in [2.75, 3.05) is 0 Å². The van der Waals surface area contributed by atoms with Gasteiger partial charge < -0.3 is 10.1 Å². The van der Waals surface area contributed by atoms with Gasteiger partial charge in [-0.15, -0.1) is 0 Å². The molecule has 0 heterocycles. The fourth-order valence-electron chi connectivity index (χ4n) is 2.92. The van der Waals surface area contributed by atoms with Crippen molar-refractivity contribution < 1.29 is 9.53 Å². The van der Waals surface area contributed by atoms with Gasteiger partial charge in [0, 0.05) is 6.04 Å². The van der Waals surface area contributed by atoms with Crippen LogP contribution in [0.25, 0.3) is 0 Å². The zero-order valence-electron chi connectivity index (χ0n) is 16.6. The summed E-state index contributed by atoms with van der Waals surface area (Å²) >= 11 is 0. The number of rotatable bonds is 8. The SMILES string of the molecule is Cc1ccc(C(C)C)c(OC(C)C(=O)NC(C)CCc2ccccc2)c1. The number of ether oxygens (including phenoxy) is 1. The number of benzene rings is 2. The molecule has 0 saturated carbocycles. The minimum atomic E-state index is -0.520. The lowest BCUT2D eigenvalue weighted by atomic mass is 10.0. The third-order valence-corrected chi connectivity index (χ3v) is 4.56. The molecule has 2 unspecified atom stereocenters. The van der Waals surface area contributed by atoms with E-state index in [1.165, 1.54) is 5.56 Å². The molecule has 2 aromatic rings. The van der Waals surface area contributed by atoms with E-state index in [1.54, 1.807) is 0 Å². The molecule has 2 rings (SSSR count). The summed E-state index contributed by atoms with van der Waals surface area (Å²) in [6.07, 6.45) is 1.34. The topological polar surface area (TPSA) is 38.3 Å². The van der Waals surface area contributed by atoms with Crippen LogP contribution in [0.5, 0.6) is 5.75 Å². The van der Waals surface area contributed by atoms with Crippen molar-refractivity contribution in [2.24, 2.45) is 0 Å². The molecule has 26 heavy (non-hydrogen) atoms. The van der Waals surface area contributed by atoms with Gasteiger partial charge >= 0.3 is 0 Å². The highest BCUT2D eigenvalue weighted by molar-refractivity contribution is 5.81. The van der Waals surface area contributed by atoms with Crippen LogP contribution in [0.1, 0.15) is 56.7 Å². The Morgan fingerprint density at radius 1 is 1.04 bits per heavy atom. The average Bonchev–Trinajstić information content (AvgIpc) is 2.60. The zero-order chi connectivity index (χ0) is 19.1. The van der Waals surface area contributed by atoms with Crippen LogP contribution in [0.15, 0.2) is 48.5 Å². The second-order valence-corrected chi connectivity index (χ2v) is 7.39. The van der Waals surface area contributed by atoms with Crippen molar-refractivity contribution in [2.45, 2.75) is 65.5 Å². The van der Waals surface area contributed by atoms with Crippen LogP contribution in [-0.2, 0) is 11.2 Å². The molecule has 1 amide bonds. The standard InChI is InChI=1S/C23H31NO2/c1-16(2)21-14-11-17(3)15-22(21)26-19(5)23(25)24-18(4)12-13-20-9-7-6-8-10-20/h6-11,14-16,18-19H,12-13H2,1-5H3,(H,24,25). The van der Waals surface area contributed by atoms with Crippen LogP contribution >= 0.6 is 0 Å². The Hall–Kier alpha value is -2.29. The van der Waals surface area contributed by atoms with Gasteiger partial charge in [-0.25, -0.2) is 0 Å². The Balaban J connectivity index is 1.90. The Kier molecular flexibility index (Phi) is 7.26. The number of hydrogen-bond donors (Lipinski definition) is 1. The van der Waals surface area contributed by atoms with Crippen LogP contribution in [0.4, 0.5) is 0 Å². The van der Waals surface area contributed by atoms with E-state index in [-0.39, 0.29) is 11.9 Å². The van der Waals surface area contributed by atoms with Crippen LogP contribution in [0.2, 0.25) is 0 Å². The molecule has 0 radical (unpaired) electrons. The molecular weight excluding hydrogens is 322 g/mol. The highest BCUT2D eigenvalue weighted by Gasteiger charge is 2.19. The fourth-order valence-corrected chi connectivity index (χ4v) is 2.92. The molecule has 140 valence electrons. The number of carbonyl (C=O) groups excluding carboxylic acids is 1. The number of aryl methyl sites for hydroxylation is 2. The molecule has 3 heteroatoms. The van der Waals surface area contributed by atoms with Gasteiger partial charge in [0.05, 0.1) is 0 Å². The highest BCUT2D eigenvalue weighted by Crippen LogP contribution is 2.28. The number of carbonyl (C=O) groups is 1. The summed E-state index contributed by atoms with van der Waals surface area (Å²) in [5, 5.41) is 3.07. The van der Waals surface area contributed by atoms with E-state index in [1.807, 2.05) is 45.0 Å². The molecule has 0 aliphatic heterocycles. The largest absolute Gasteiger partial charge is 0.481 e. The molecule has 2 atom stereocenters. The Morgan fingerprint density at radius 2 is 1.73 bits per heavy atom. The van der Waals surface area contributed by atoms with E-state index in [9.17, 15) is 4.79 Å². The molecule has 0 bridgehead atoms. The highest BCUT2D eigenvalue weighted by atomic mass is 16.5. The lowest BCUT2D eigenvalue weighted by Crippen LogP contribution is -2.41. The van der Waals surface area contributed by atoms with Gasteiger partial charge in [0.15, 0.2) is 6.10 Å². The summed E-state index contributed by atoms with van der Waals surface area (Å²) in [7, 11) is 0. The van der Waals surface area contributed by atoms with Crippen molar-refractivity contribution in [3.05, 3.63) is 65.2 Å². The maximum atomic E-state index is 12.5. The minimum absolute atomic E-state index is 0.0678. The molecule has 0 aliphatic carbocycles. The predicted molar refractivity (Wildman–Crippen MR) is 108 cm³/mol. The first-order valence-electron chi connectivity index (χ1n) is 9.48. The number of nitrogens with one attached hydrogen (secondary N) is 1. The Morgan fingerprint density at radius 3 is 2.38 bits per heavy atom. The second-order valence-electron chi connectivity index (χ2n) is 7.39. The molecule has 0 aromatic heterocycles. The summed E-state index contributed by atoms with van der Waals surface area (Å²) in [4.78, 5) is 12.5. The van der Waals surface area contributed by atoms with Gasteiger partial charge in [-0.2, -0.15) is 0 Å². The van der Waals surface area contributed by atoms with E-state index in [0.29, 0.717) is 5.92 Å². The molecular formula is C23H31NO2. The first kappa shape index (κ1) is 20.0. The Labute approximate surface area is 157 Å². The molecule has 0 aliphatic rings. The summed E-state index contributed by atoms with van der Waals surface area (Å²) in [6, 6.07) is 16.6. The summed E-state index contributed by atoms with van der Waals surface area (Å²) in [6.45, 7) is 10.2. The predicted octanol–water partition coefficient (Wildman–Crippen LogP) is 5.02. The number of amides is 1. The molecule has 0 spiro atoms. The van der Waals surface area contributed by atoms with Crippen molar-refractivity contribution in [1.82, 2.24) is 5.32 Å². The van der Waals surface area contributed by atoms with Crippen molar-refractivity contribution in [3.63, 3.8) is 0 Å². The van der Waals surface area contributed by atoms with Crippen LogP contribution in [0.3, 0.4) is 0 Å². The van der Waals surface area contributed by atoms with Crippen LogP contribution in [0, 0.1) is 6.92 Å². The molecule has 0 fully saturated rings. The van der Waals surface area contributed by atoms with Crippen molar-refractivity contribution in [3.8, 4) is 5.75 Å². The Bertz CT molecular complexity index is 709. The zero-order valence-corrected chi connectivity index (χ0v) is 16.6. The normalized spacial score (nSPS) is 13.3. The third-order valence-electron chi connectivity index (χ3n) is 4.56. The summed E-state index contributed by atoms with van der Waals surface area (Å²) in [5.41, 5.74) is 3.56. The number of hydrogen-bond acceptors (Lipinski definition) is 2. The summed E-state index contributed by atoms with van der Waals surface area (Å²) < 4.78 is 6.00. The van der Waals surface area contributed by atoms with Gasteiger partial charge in [0.25, 0.3) is 5.91 Å². The van der Waals surface area contributed by atoms with Gasteiger partial charge in [0.2, 0.25) is 0 Å². The fraction of sp³-hybridized carbons (Fsp3) is 0.435. The maximum Gasteiger partial charge on any atom is 0.260 e. The molecule has 1 N–H and O–H groups in total. The summed E-state index contributed by atoms with van der Waals surface area (Å²) in [5.74, 6) is 1.09. The molecule has 0 saturated heterocycles. The maximum absolute atomic E-state index is 12.5. The van der Waals surface area contributed by atoms with E-state index < -0.39 is 6.10 Å². The van der Waals surface area contributed by atoms with Crippen LogP contribution < -0.4 is 10.1 Å². The minimum Gasteiger partial charge on any atom is -0.481 e. The second kappa shape index (κ2) is 9.42. The monoisotopic (exact) mass is 353 g/mol. The van der Waals surface area contributed by atoms with E-state index >= 15 is 0 Å². The lowest BCUT2D eigenvalue weighted by Gasteiger charge is -2.21. The van der Waals surface area contributed by atoms with Crippen LogP contribution in [-0.4, -0.2) is 18.1 Å². The first-order chi connectivity index (χ1) is 12.4. The lowest BCUT2D eigenvalue weighted by molar-refractivity contribution is -0.127. The third kappa shape index (κ3) is 5.91. The van der Waals surface area contributed by atoms with Gasteiger partial charge in [-0.1, -0.05) is 56.3 Å². The van der Waals surface area contributed by atoms with Gasteiger partial charge in [0.1, 0.15) is 5.75 Å². The van der Waals surface area contributed by atoms with Gasteiger partial charge in [-0.05, 0) is 62.3 Å².